The SMILES string of the molecule is Cc1ccc(Nc2cc(N3CCC(C(=O)O)CC3)nc(C)n2)c(C)c1. The Kier molecular flexibility index (Phi) is 4.88. The average molecular weight is 340 g/mol. The first kappa shape index (κ1) is 17.2. The van der Waals surface area contributed by atoms with Gasteiger partial charge in [0.2, 0.25) is 0 Å². The van der Waals surface area contributed by atoms with Crippen molar-refractivity contribution in [2.45, 2.75) is 33.6 Å². The van der Waals surface area contributed by atoms with E-state index < -0.39 is 5.97 Å². The normalized spacial score (nSPS) is 15.2. The van der Waals surface area contributed by atoms with Crippen LogP contribution in [0, 0.1) is 26.7 Å². The molecule has 2 N–H and O–H groups in total. The van der Waals surface area contributed by atoms with Gasteiger partial charge in [-0.15, -0.1) is 0 Å². The third kappa shape index (κ3) is 4.07. The van der Waals surface area contributed by atoms with Crippen molar-refractivity contribution < 1.29 is 9.90 Å². The number of carboxylic acids is 1. The molecular formula is C19H24N4O2. The fourth-order valence-corrected chi connectivity index (χ4v) is 3.23. The lowest BCUT2D eigenvalue weighted by Crippen LogP contribution is -2.36. The molecule has 1 aliphatic heterocycles. The number of aryl methyl sites for hydroxylation is 3. The highest BCUT2D eigenvalue weighted by Crippen LogP contribution is 2.26. The van der Waals surface area contributed by atoms with Crippen molar-refractivity contribution >= 4 is 23.3 Å². The summed E-state index contributed by atoms with van der Waals surface area (Å²) in [6.45, 7) is 7.43. The smallest absolute Gasteiger partial charge is 0.306 e. The summed E-state index contributed by atoms with van der Waals surface area (Å²) in [4.78, 5) is 22.3. The summed E-state index contributed by atoms with van der Waals surface area (Å²) in [6, 6.07) is 8.20. The fourth-order valence-electron chi connectivity index (χ4n) is 3.23. The Labute approximate surface area is 147 Å². The molecular weight excluding hydrogens is 316 g/mol. The number of rotatable bonds is 4. The molecule has 132 valence electrons. The van der Waals surface area contributed by atoms with E-state index in [0.717, 1.165) is 17.3 Å². The number of carboxylic acid groups (broad SMARTS) is 1. The summed E-state index contributed by atoms with van der Waals surface area (Å²) >= 11 is 0. The molecule has 0 radical (unpaired) electrons. The largest absolute Gasteiger partial charge is 0.481 e. The number of aromatic nitrogens is 2. The van der Waals surface area contributed by atoms with Crippen molar-refractivity contribution in [1.82, 2.24) is 9.97 Å². The molecule has 6 heteroatoms. The lowest BCUT2D eigenvalue weighted by atomic mass is 9.97. The van der Waals surface area contributed by atoms with E-state index in [1.807, 2.05) is 13.0 Å². The molecule has 2 aromatic rings. The van der Waals surface area contributed by atoms with E-state index >= 15 is 0 Å². The molecule has 0 atom stereocenters. The first-order chi connectivity index (χ1) is 11.9. The number of hydrogen-bond acceptors (Lipinski definition) is 5. The van der Waals surface area contributed by atoms with Gasteiger partial charge in [0.1, 0.15) is 17.5 Å². The van der Waals surface area contributed by atoms with E-state index in [1.54, 1.807) is 0 Å². The molecule has 2 heterocycles. The minimum Gasteiger partial charge on any atom is -0.481 e. The summed E-state index contributed by atoms with van der Waals surface area (Å²) in [7, 11) is 0. The molecule has 1 aromatic heterocycles. The number of aliphatic carboxylic acids is 1. The Hall–Kier alpha value is -2.63. The van der Waals surface area contributed by atoms with E-state index in [4.69, 9.17) is 5.11 Å². The van der Waals surface area contributed by atoms with Crippen molar-refractivity contribution in [2.75, 3.05) is 23.3 Å². The molecule has 1 aromatic carbocycles. The van der Waals surface area contributed by atoms with Gasteiger partial charge in [-0.1, -0.05) is 17.7 Å². The van der Waals surface area contributed by atoms with Crippen molar-refractivity contribution in [3.63, 3.8) is 0 Å². The first-order valence-electron chi connectivity index (χ1n) is 8.60. The molecule has 3 rings (SSSR count). The maximum absolute atomic E-state index is 11.1. The van der Waals surface area contributed by atoms with Crippen LogP contribution in [0.4, 0.5) is 17.3 Å². The molecule has 1 aliphatic rings. The molecule has 0 bridgehead atoms. The molecule has 1 fully saturated rings. The van der Waals surface area contributed by atoms with Gasteiger partial charge in [-0.25, -0.2) is 9.97 Å². The summed E-state index contributed by atoms with van der Waals surface area (Å²) in [5, 5.41) is 12.5. The number of nitrogens with zero attached hydrogens (tertiary/aromatic N) is 3. The number of nitrogens with one attached hydrogen (secondary N) is 1. The minimum absolute atomic E-state index is 0.244. The molecule has 0 spiro atoms. The van der Waals surface area contributed by atoms with Crippen LogP contribution in [0.3, 0.4) is 0 Å². The second kappa shape index (κ2) is 7.09. The van der Waals surface area contributed by atoms with Crippen molar-refractivity contribution in [3.05, 3.63) is 41.2 Å². The topological polar surface area (TPSA) is 78.4 Å². The minimum atomic E-state index is -0.698. The van der Waals surface area contributed by atoms with Gasteiger partial charge in [0, 0.05) is 24.8 Å². The Bertz CT molecular complexity index is 783. The van der Waals surface area contributed by atoms with E-state index in [-0.39, 0.29) is 5.92 Å². The molecule has 0 amide bonds. The van der Waals surface area contributed by atoms with E-state index in [0.29, 0.717) is 31.8 Å². The lowest BCUT2D eigenvalue weighted by Gasteiger charge is -2.31. The summed E-state index contributed by atoms with van der Waals surface area (Å²) in [6.07, 6.45) is 1.30. The van der Waals surface area contributed by atoms with Gasteiger partial charge in [-0.2, -0.15) is 0 Å². The first-order valence-corrected chi connectivity index (χ1v) is 8.60. The van der Waals surface area contributed by atoms with Gasteiger partial charge in [0.15, 0.2) is 0 Å². The maximum Gasteiger partial charge on any atom is 0.306 e. The zero-order valence-electron chi connectivity index (χ0n) is 14.9. The van der Waals surface area contributed by atoms with Gasteiger partial charge in [0.25, 0.3) is 0 Å². The van der Waals surface area contributed by atoms with E-state index in [2.05, 4.69) is 52.2 Å². The summed E-state index contributed by atoms with van der Waals surface area (Å²) in [5.41, 5.74) is 3.42. The molecule has 0 unspecified atom stereocenters. The molecule has 0 aliphatic carbocycles. The van der Waals surface area contributed by atoms with E-state index in [9.17, 15) is 4.79 Å². The zero-order valence-corrected chi connectivity index (χ0v) is 14.9. The Morgan fingerprint density at radius 3 is 2.52 bits per heavy atom. The van der Waals surface area contributed by atoms with Crippen LogP contribution in [0.25, 0.3) is 0 Å². The van der Waals surface area contributed by atoms with E-state index in [1.165, 1.54) is 11.1 Å². The second-order valence-corrected chi connectivity index (χ2v) is 6.70. The Morgan fingerprint density at radius 1 is 1.16 bits per heavy atom. The maximum atomic E-state index is 11.1. The van der Waals surface area contributed by atoms with Crippen LogP contribution in [0.5, 0.6) is 0 Å². The highest BCUT2D eigenvalue weighted by molar-refractivity contribution is 5.70. The van der Waals surface area contributed by atoms with Gasteiger partial charge in [0.05, 0.1) is 5.92 Å². The highest BCUT2D eigenvalue weighted by atomic mass is 16.4. The summed E-state index contributed by atoms with van der Waals surface area (Å²) < 4.78 is 0. The van der Waals surface area contributed by atoms with Crippen LogP contribution in [0.1, 0.15) is 29.8 Å². The molecule has 0 saturated carbocycles. The van der Waals surface area contributed by atoms with Crippen molar-refractivity contribution in [1.29, 1.82) is 0 Å². The predicted octanol–water partition coefficient (Wildman–Crippen LogP) is 3.45. The van der Waals surface area contributed by atoms with Gasteiger partial charge in [-0.05, 0) is 45.2 Å². The van der Waals surface area contributed by atoms with Crippen LogP contribution in [0.15, 0.2) is 24.3 Å². The Morgan fingerprint density at radius 2 is 1.88 bits per heavy atom. The number of carbonyl (C=O) groups is 1. The Balaban J connectivity index is 1.78. The lowest BCUT2D eigenvalue weighted by molar-refractivity contribution is -0.142. The zero-order chi connectivity index (χ0) is 18.0. The molecule has 25 heavy (non-hydrogen) atoms. The van der Waals surface area contributed by atoms with Crippen LogP contribution >= 0.6 is 0 Å². The van der Waals surface area contributed by atoms with Crippen molar-refractivity contribution in [3.8, 4) is 0 Å². The quantitative estimate of drug-likeness (QED) is 0.887. The number of benzene rings is 1. The number of anilines is 3. The van der Waals surface area contributed by atoms with Crippen LogP contribution in [-0.2, 0) is 4.79 Å². The standard InChI is InChI=1S/C19H24N4O2/c1-12-4-5-16(13(2)10-12)22-17-11-18(21-14(3)20-17)23-8-6-15(7-9-23)19(24)25/h4-5,10-11,15H,6-9H2,1-3H3,(H,24,25)(H,20,21,22). The molecule has 1 saturated heterocycles. The predicted molar refractivity (Wildman–Crippen MR) is 98.5 cm³/mol. The number of hydrogen-bond donors (Lipinski definition) is 2. The summed E-state index contributed by atoms with van der Waals surface area (Å²) in [5.74, 6) is 1.37. The number of piperidine rings is 1. The van der Waals surface area contributed by atoms with Crippen LogP contribution in [-0.4, -0.2) is 34.1 Å². The fraction of sp³-hybridized carbons (Fsp3) is 0.421. The second-order valence-electron chi connectivity index (χ2n) is 6.70. The van der Waals surface area contributed by atoms with Gasteiger partial charge in [-0.3, -0.25) is 4.79 Å². The third-order valence-electron chi connectivity index (χ3n) is 4.64. The van der Waals surface area contributed by atoms with Crippen LogP contribution in [0.2, 0.25) is 0 Å². The average Bonchev–Trinajstić information content (AvgIpc) is 2.57. The molecule has 6 nitrogen and oxygen atoms in total. The highest BCUT2D eigenvalue weighted by Gasteiger charge is 2.25. The van der Waals surface area contributed by atoms with Crippen molar-refractivity contribution in [2.24, 2.45) is 5.92 Å². The third-order valence-corrected chi connectivity index (χ3v) is 4.64. The van der Waals surface area contributed by atoms with Gasteiger partial charge < -0.3 is 15.3 Å². The van der Waals surface area contributed by atoms with Crippen LogP contribution < -0.4 is 10.2 Å². The monoisotopic (exact) mass is 340 g/mol. The van der Waals surface area contributed by atoms with Gasteiger partial charge >= 0.3 is 5.97 Å².